The largest absolute Gasteiger partial charge is 0.313 e. The van der Waals surface area contributed by atoms with Gasteiger partial charge in [-0.3, -0.25) is 4.68 Å². The van der Waals surface area contributed by atoms with Crippen LogP contribution in [0.5, 0.6) is 0 Å². The molecule has 0 saturated heterocycles. The van der Waals surface area contributed by atoms with Gasteiger partial charge < -0.3 is 5.32 Å². The minimum atomic E-state index is 0.846. The maximum Gasteiger partial charge on any atom is 0.0662 e. The molecule has 0 amide bonds. The molecule has 0 radical (unpaired) electrons. The Morgan fingerprint density at radius 3 is 2.71 bits per heavy atom. The second kappa shape index (κ2) is 5.64. The first-order chi connectivity index (χ1) is 8.31. The summed E-state index contributed by atoms with van der Waals surface area (Å²) in [5, 5.41) is 7.77. The van der Waals surface area contributed by atoms with E-state index in [1.165, 1.54) is 16.8 Å². The fourth-order valence-corrected chi connectivity index (χ4v) is 1.83. The molecule has 2 rings (SSSR count). The van der Waals surface area contributed by atoms with Crippen LogP contribution < -0.4 is 5.32 Å². The number of hydrogen-bond donors (Lipinski definition) is 1. The van der Waals surface area contributed by atoms with Crippen molar-refractivity contribution in [1.82, 2.24) is 15.1 Å². The van der Waals surface area contributed by atoms with Crippen LogP contribution in [0.1, 0.15) is 23.7 Å². The first-order valence-corrected chi connectivity index (χ1v) is 6.07. The Morgan fingerprint density at radius 2 is 2.00 bits per heavy atom. The molecule has 0 fully saturated rings. The van der Waals surface area contributed by atoms with E-state index in [-0.39, 0.29) is 0 Å². The molecule has 0 aliphatic heterocycles. The zero-order chi connectivity index (χ0) is 12.1. The van der Waals surface area contributed by atoms with Gasteiger partial charge in [0.15, 0.2) is 0 Å². The van der Waals surface area contributed by atoms with Gasteiger partial charge in [-0.05, 0) is 19.0 Å². The Morgan fingerprint density at radius 1 is 1.24 bits per heavy atom. The van der Waals surface area contributed by atoms with Gasteiger partial charge in [0, 0.05) is 17.8 Å². The van der Waals surface area contributed by atoms with Crippen molar-refractivity contribution in [2.75, 3.05) is 6.54 Å². The average molecular weight is 229 g/mol. The molecule has 1 N–H and O–H groups in total. The molecule has 0 bridgehead atoms. The summed E-state index contributed by atoms with van der Waals surface area (Å²) >= 11 is 0. The van der Waals surface area contributed by atoms with Crippen molar-refractivity contribution >= 4 is 0 Å². The van der Waals surface area contributed by atoms with Gasteiger partial charge in [-0.1, -0.05) is 37.3 Å². The third-order valence-corrected chi connectivity index (χ3v) is 2.95. The van der Waals surface area contributed by atoms with Crippen molar-refractivity contribution in [3.63, 3.8) is 0 Å². The molecule has 3 nitrogen and oxygen atoms in total. The van der Waals surface area contributed by atoms with E-state index in [2.05, 4.69) is 53.2 Å². The Kier molecular flexibility index (Phi) is 3.94. The quantitative estimate of drug-likeness (QED) is 0.853. The van der Waals surface area contributed by atoms with Crippen LogP contribution in [-0.4, -0.2) is 16.3 Å². The lowest BCUT2D eigenvalue weighted by Gasteiger charge is -2.06. The Bertz CT molecular complexity index is 460. The number of nitrogens with one attached hydrogen (secondary N) is 1. The predicted molar refractivity (Wildman–Crippen MR) is 69.9 cm³/mol. The summed E-state index contributed by atoms with van der Waals surface area (Å²) in [7, 11) is 0. The normalized spacial score (nSPS) is 10.7. The van der Waals surface area contributed by atoms with Crippen molar-refractivity contribution in [1.29, 1.82) is 0 Å². The van der Waals surface area contributed by atoms with Crippen LogP contribution in [0.25, 0.3) is 0 Å². The lowest BCUT2D eigenvalue weighted by molar-refractivity contribution is 0.659. The predicted octanol–water partition coefficient (Wildman–Crippen LogP) is 2.35. The monoisotopic (exact) mass is 229 g/mol. The second-order valence-electron chi connectivity index (χ2n) is 4.18. The molecule has 0 atom stereocenters. The molecule has 0 spiro atoms. The van der Waals surface area contributed by atoms with Gasteiger partial charge in [-0.15, -0.1) is 0 Å². The summed E-state index contributed by atoms with van der Waals surface area (Å²) in [4.78, 5) is 0. The number of nitrogens with zero attached hydrogens (tertiary/aromatic N) is 2. The molecule has 90 valence electrons. The molecule has 0 unspecified atom stereocenters. The molecule has 0 aliphatic carbocycles. The highest BCUT2D eigenvalue weighted by atomic mass is 15.3. The summed E-state index contributed by atoms with van der Waals surface area (Å²) in [6, 6.07) is 10.4. The summed E-state index contributed by atoms with van der Waals surface area (Å²) < 4.78 is 2.06. The van der Waals surface area contributed by atoms with Gasteiger partial charge in [0.1, 0.15) is 0 Å². The molecule has 0 aliphatic rings. The van der Waals surface area contributed by atoms with E-state index in [9.17, 15) is 0 Å². The highest BCUT2D eigenvalue weighted by Gasteiger charge is 2.05. The lowest BCUT2D eigenvalue weighted by atomic mass is 10.2. The number of benzene rings is 1. The van der Waals surface area contributed by atoms with Crippen LogP contribution in [0.15, 0.2) is 36.5 Å². The highest BCUT2D eigenvalue weighted by Crippen LogP contribution is 2.09. The fraction of sp³-hybridized carbons (Fsp3) is 0.357. The maximum atomic E-state index is 4.44. The summed E-state index contributed by atoms with van der Waals surface area (Å²) in [5.41, 5.74) is 3.81. The minimum Gasteiger partial charge on any atom is -0.313 e. The maximum absolute atomic E-state index is 4.44. The summed E-state index contributed by atoms with van der Waals surface area (Å²) in [6.07, 6.45) is 1.96. The summed E-state index contributed by atoms with van der Waals surface area (Å²) in [5.74, 6) is 0. The van der Waals surface area contributed by atoms with Crippen molar-refractivity contribution in [2.24, 2.45) is 0 Å². The van der Waals surface area contributed by atoms with E-state index in [0.29, 0.717) is 0 Å². The SMILES string of the molecule is CCNCc1cnn(Cc2ccccc2)c1C. The lowest BCUT2D eigenvalue weighted by Crippen LogP contribution is -2.12. The first-order valence-electron chi connectivity index (χ1n) is 6.07. The van der Waals surface area contributed by atoms with Gasteiger partial charge in [0.2, 0.25) is 0 Å². The van der Waals surface area contributed by atoms with Gasteiger partial charge in [0.25, 0.3) is 0 Å². The smallest absolute Gasteiger partial charge is 0.0662 e. The molecule has 1 aromatic carbocycles. The average Bonchev–Trinajstić information content (AvgIpc) is 2.70. The molecule has 1 aromatic heterocycles. The van der Waals surface area contributed by atoms with Crippen LogP contribution in [0.3, 0.4) is 0 Å². The standard InChI is InChI=1S/C14H19N3/c1-3-15-9-14-10-16-17(12(14)2)11-13-7-5-4-6-8-13/h4-8,10,15H,3,9,11H2,1-2H3. The van der Waals surface area contributed by atoms with Crippen molar-refractivity contribution in [2.45, 2.75) is 26.9 Å². The number of aromatic nitrogens is 2. The fourth-order valence-electron chi connectivity index (χ4n) is 1.83. The van der Waals surface area contributed by atoms with E-state index in [0.717, 1.165) is 19.6 Å². The first kappa shape index (κ1) is 11.9. The number of rotatable bonds is 5. The topological polar surface area (TPSA) is 29.9 Å². The minimum absolute atomic E-state index is 0.846. The molecular formula is C14H19N3. The second-order valence-corrected chi connectivity index (χ2v) is 4.18. The van der Waals surface area contributed by atoms with E-state index in [1.807, 2.05) is 12.3 Å². The van der Waals surface area contributed by atoms with Crippen LogP contribution in [0, 0.1) is 6.92 Å². The van der Waals surface area contributed by atoms with Gasteiger partial charge >= 0.3 is 0 Å². The Balaban J connectivity index is 2.09. The zero-order valence-corrected chi connectivity index (χ0v) is 10.5. The number of hydrogen-bond acceptors (Lipinski definition) is 2. The summed E-state index contributed by atoms with van der Waals surface area (Å²) in [6.45, 7) is 6.98. The van der Waals surface area contributed by atoms with Crippen LogP contribution in [0.4, 0.5) is 0 Å². The van der Waals surface area contributed by atoms with E-state index in [1.54, 1.807) is 0 Å². The third-order valence-electron chi connectivity index (χ3n) is 2.95. The molecular weight excluding hydrogens is 210 g/mol. The third kappa shape index (κ3) is 2.94. The van der Waals surface area contributed by atoms with E-state index < -0.39 is 0 Å². The highest BCUT2D eigenvalue weighted by molar-refractivity contribution is 5.19. The molecule has 1 heterocycles. The van der Waals surface area contributed by atoms with Crippen LogP contribution in [-0.2, 0) is 13.1 Å². The van der Waals surface area contributed by atoms with Crippen molar-refractivity contribution in [3.05, 3.63) is 53.3 Å². The van der Waals surface area contributed by atoms with Crippen LogP contribution >= 0.6 is 0 Å². The van der Waals surface area contributed by atoms with Gasteiger partial charge in [-0.25, -0.2) is 0 Å². The van der Waals surface area contributed by atoms with Crippen molar-refractivity contribution in [3.8, 4) is 0 Å². The Labute approximate surface area is 102 Å². The van der Waals surface area contributed by atoms with Crippen molar-refractivity contribution < 1.29 is 0 Å². The van der Waals surface area contributed by atoms with E-state index in [4.69, 9.17) is 0 Å². The van der Waals surface area contributed by atoms with Gasteiger partial charge in [0.05, 0.1) is 12.7 Å². The molecule has 3 heteroatoms. The molecule has 0 saturated carbocycles. The zero-order valence-electron chi connectivity index (χ0n) is 10.5. The van der Waals surface area contributed by atoms with Crippen LogP contribution in [0.2, 0.25) is 0 Å². The molecule has 2 aromatic rings. The Hall–Kier alpha value is -1.61. The molecule has 17 heavy (non-hydrogen) atoms. The van der Waals surface area contributed by atoms with E-state index >= 15 is 0 Å². The van der Waals surface area contributed by atoms with Gasteiger partial charge in [-0.2, -0.15) is 5.10 Å².